The van der Waals surface area contributed by atoms with Crippen molar-refractivity contribution in [3.8, 4) is 0 Å². The zero-order chi connectivity index (χ0) is 15.7. The van der Waals surface area contributed by atoms with Gasteiger partial charge >= 0.3 is 0 Å². The summed E-state index contributed by atoms with van der Waals surface area (Å²) in [5.41, 5.74) is 5.34. The number of nitro groups is 1. The van der Waals surface area contributed by atoms with Gasteiger partial charge in [0, 0.05) is 18.7 Å². The molecule has 1 atom stereocenters. The Morgan fingerprint density at radius 3 is 2.43 bits per heavy atom. The third-order valence-corrected chi connectivity index (χ3v) is 3.06. The van der Waals surface area contributed by atoms with Crippen molar-refractivity contribution in [2.24, 2.45) is 5.73 Å². The summed E-state index contributed by atoms with van der Waals surface area (Å²) in [7, 11) is 0. The lowest BCUT2D eigenvalue weighted by Gasteiger charge is -2.09. The molecule has 0 bridgehead atoms. The molecule has 0 aromatic heterocycles. The standard InChI is InChI=1S/C14H20FN3O3/c15-13(11-5-7-12(8-6-11)18(20)21)14(19)17-10-4-2-1-3-9-16/h5-8,13H,1-4,9-10,16H2,(H,17,19). The number of benzene rings is 1. The summed E-state index contributed by atoms with van der Waals surface area (Å²) >= 11 is 0. The summed E-state index contributed by atoms with van der Waals surface area (Å²) in [6.07, 6.45) is 1.84. The van der Waals surface area contributed by atoms with Gasteiger partial charge in [0.15, 0.2) is 0 Å². The molecule has 0 saturated carbocycles. The van der Waals surface area contributed by atoms with Crippen LogP contribution in [0, 0.1) is 10.1 Å². The highest BCUT2D eigenvalue weighted by Crippen LogP contribution is 2.20. The molecule has 0 spiro atoms. The molecule has 1 unspecified atom stereocenters. The Bertz CT molecular complexity index is 465. The quantitative estimate of drug-likeness (QED) is 0.415. The van der Waals surface area contributed by atoms with Crippen LogP contribution in [0.25, 0.3) is 0 Å². The number of carbonyl (C=O) groups excluding carboxylic acids is 1. The number of alkyl halides is 1. The predicted octanol–water partition coefficient (Wildman–Crippen LogP) is 2.24. The van der Waals surface area contributed by atoms with E-state index in [0.29, 0.717) is 13.1 Å². The summed E-state index contributed by atoms with van der Waals surface area (Å²) in [5.74, 6) is -0.720. The van der Waals surface area contributed by atoms with Crippen LogP contribution in [0.3, 0.4) is 0 Å². The third-order valence-electron chi connectivity index (χ3n) is 3.06. The molecule has 21 heavy (non-hydrogen) atoms. The van der Waals surface area contributed by atoms with Crippen LogP contribution in [-0.2, 0) is 4.79 Å². The van der Waals surface area contributed by atoms with Crippen molar-refractivity contribution in [3.05, 3.63) is 39.9 Å². The van der Waals surface area contributed by atoms with Gasteiger partial charge in [-0.3, -0.25) is 14.9 Å². The molecular formula is C14H20FN3O3. The van der Waals surface area contributed by atoms with Crippen molar-refractivity contribution in [2.45, 2.75) is 31.9 Å². The number of amides is 1. The molecule has 0 saturated heterocycles. The largest absolute Gasteiger partial charge is 0.353 e. The topological polar surface area (TPSA) is 98.3 Å². The van der Waals surface area contributed by atoms with Gasteiger partial charge in [0.1, 0.15) is 0 Å². The van der Waals surface area contributed by atoms with Gasteiger partial charge in [-0.15, -0.1) is 0 Å². The van der Waals surface area contributed by atoms with E-state index in [4.69, 9.17) is 5.73 Å². The van der Waals surface area contributed by atoms with E-state index in [1.165, 1.54) is 24.3 Å². The predicted molar refractivity (Wildman–Crippen MR) is 77.5 cm³/mol. The number of hydrogen-bond acceptors (Lipinski definition) is 4. The van der Waals surface area contributed by atoms with E-state index < -0.39 is 17.0 Å². The number of carbonyl (C=O) groups is 1. The van der Waals surface area contributed by atoms with E-state index >= 15 is 0 Å². The maximum Gasteiger partial charge on any atom is 0.269 e. The van der Waals surface area contributed by atoms with Crippen LogP contribution in [0.15, 0.2) is 24.3 Å². The minimum Gasteiger partial charge on any atom is -0.353 e. The second-order valence-corrected chi connectivity index (χ2v) is 4.71. The van der Waals surface area contributed by atoms with Gasteiger partial charge in [0.05, 0.1) is 4.92 Å². The Kier molecular flexibility index (Phi) is 7.31. The summed E-state index contributed by atoms with van der Waals surface area (Å²) in [4.78, 5) is 21.5. The molecule has 1 aromatic rings. The van der Waals surface area contributed by atoms with Gasteiger partial charge in [-0.25, -0.2) is 4.39 Å². The van der Waals surface area contributed by atoms with Crippen LogP contribution in [0.2, 0.25) is 0 Å². The number of nitro benzene ring substituents is 1. The Hall–Kier alpha value is -2.02. The van der Waals surface area contributed by atoms with Gasteiger partial charge in [0.25, 0.3) is 11.6 Å². The molecule has 6 nitrogen and oxygen atoms in total. The summed E-state index contributed by atoms with van der Waals surface area (Å²) in [6.45, 7) is 1.07. The second kappa shape index (κ2) is 9.02. The number of rotatable bonds is 9. The van der Waals surface area contributed by atoms with Gasteiger partial charge < -0.3 is 11.1 Å². The molecule has 3 N–H and O–H groups in total. The summed E-state index contributed by atoms with van der Waals surface area (Å²) < 4.78 is 13.9. The SMILES string of the molecule is NCCCCCCNC(=O)C(F)c1ccc([N+](=O)[O-])cc1. The molecule has 0 radical (unpaired) electrons. The molecule has 1 amide bonds. The first-order valence-corrected chi connectivity index (χ1v) is 6.92. The van der Waals surface area contributed by atoms with Crippen LogP contribution in [0.5, 0.6) is 0 Å². The molecule has 7 heteroatoms. The van der Waals surface area contributed by atoms with E-state index in [2.05, 4.69) is 5.32 Å². The van der Waals surface area contributed by atoms with Crippen molar-refractivity contribution >= 4 is 11.6 Å². The highest BCUT2D eigenvalue weighted by Gasteiger charge is 2.19. The lowest BCUT2D eigenvalue weighted by molar-refractivity contribution is -0.384. The van der Waals surface area contributed by atoms with E-state index in [0.717, 1.165) is 25.7 Å². The highest BCUT2D eigenvalue weighted by molar-refractivity contribution is 5.82. The number of halogens is 1. The van der Waals surface area contributed by atoms with Crippen molar-refractivity contribution in [1.29, 1.82) is 0 Å². The molecule has 0 aliphatic rings. The minimum atomic E-state index is -1.81. The molecular weight excluding hydrogens is 277 g/mol. The van der Waals surface area contributed by atoms with E-state index in [9.17, 15) is 19.3 Å². The third kappa shape index (κ3) is 5.86. The first-order valence-electron chi connectivity index (χ1n) is 6.92. The highest BCUT2D eigenvalue weighted by atomic mass is 19.1. The Morgan fingerprint density at radius 2 is 1.86 bits per heavy atom. The zero-order valence-electron chi connectivity index (χ0n) is 11.8. The van der Waals surface area contributed by atoms with Crippen LogP contribution >= 0.6 is 0 Å². The molecule has 1 rings (SSSR count). The zero-order valence-corrected chi connectivity index (χ0v) is 11.8. The molecule has 0 aliphatic carbocycles. The monoisotopic (exact) mass is 297 g/mol. The Morgan fingerprint density at radius 1 is 1.24 bits per heavy atom. The van der Waals surface area contributed by atoms with Crippen LogP contribution in [0.4, 0.5) is 10.1 Å². The normalized spacial score (nSPS) is 11.9. The maximum absolute atomic E-state index is 13.9. The Labute approximate surface area is 122 Å². The lowest BCUT2D eigenvalue weighted by Crippen LogP contribution is -2.28. The van der Waals surface area contributed by atoms with Crippen molar-refractivity contribution < 1.29 is 14.1 Å². The fourth-order valence-corrected chi connectivity index (χ4v) is 1.84. The fourth-order valence-electron chi connectivity index (χ4n) is 1.84. The maximum atomic E-state index is 13.9. The number of nitrogens with zero attached hydrogens (tertiary/aromatic N) is 1. The number of nitrogens with one attached hydrogen (secondary N) is 1. The van der Waals surface area contributed by atoms with Crippen LogP contribution < -0.4 is 11.1 Å². The smallest absolute Gasteiger partial charge is 0.269 e. The van der Waals surface area contributed by atoms with Crippen LogP contribution in [0.1, 0.15) is 37.4 Å². The number of non-ortho nitro benzene ring substituents is 1. The molecule has 0 fully saturated rings. The van der Waals surface area contributed by atoms with E-state index in [-0.39, 0.29) is 11.3 Å². The summed E-state index contributed by atoms with van der Waals surface area (Å²) in [5, 5.41) is 13.0. The van der Waals surface area contributed by atoms with Gasteiger partial charge in [-0.05, 0) is 37.1 Å². The van der Waals surface area contributed by atoms with Crippen molar-refractivity contribution in [2.75, 3.05) is 13.1 Å². The van der Waals surface area contributed by atoms with Gasteiger partial charge in [0.2, 0.25) is 6.17 Å². The second-order valence-electron chi connectivity index (χ2n) is 4.71. The van der Waals surface area contributed by atoms with Gasteiger partial charge in [-0.1, -0.05) is 12.8 Å². The summed E-state index contributed by atoms with van der Waals surface area (Å²) in [6, 6.07) is 4.87. The van der Waals surface area contributed by atoms with E-state index in [1.54, 1.807) is 0 Å². The van der Waals surface area contributed by atoms with Crippen LogP contribution in [-0.4, -0.2) is 23.9 Å². The molecule has 116 valence electrons. The van der Waals surface area contributed by atoms with Crippen molar-refractivity contribution in [3.63, 3.8) is 0 Å². The first-order chi connectivity index (χ1) is 10.1. The minimum absolute atomic E-state index is 0.112. The average Bonchev–Trinajstić information content (AvgIpc) is 2.49. The fraction of sp³-hybridized carbons (Fsp3) is 0.500. The number of unbranched alkanes of at least 4 members (excludes halogenated alkanes) is 3. The average molecular weight is 297 g/mol. The van der Waals surface area contributed by atoms with E-state index in [1.807, 2.05) is 0 Å². The molecule has 0 heterocycles. The number of nitrogens with two attached hydrogens (primary N) is 1. The molecule has 0 aliphatic heterocycles. The Balaban J connectivity index is 2.38. The van der Waals surface area contributed by atoms with Gasteiger partial charge in [-0.2, -0.15) is 0 Å². The van der Waals surface area contributed by atoms with Crippen molar-refractivity contribution in [1.82, 2.24) is 5.32 Å². The lowest BCUT2D eigenvalue weighted by atomic mass is 10.1. The number of hydrogen-bond donors (Lipinski definition) is 2. The molecule has 1 aromatic carbocycles. The first kappa shape index (κ1) is 17.0.